The standard InChI is InChI=1S/C54H103O13P/c1-3-5-7-9-11-13-15-17-19-21-22-23-24-25-27-28-30-32-34-36-38-40-42-47(55)64-44-46(45-65-68(62,63)67-54-52(60)50(58)49(57)51(59)53(54)61)66-48(56)43-41-39-37-35-33-31-29-26-20-18-16-14-12-10-8-6-4-2/h18,20,46,49-54,57-61H,3-17,19,21-45H2,1-2H3,(H,62,63)/b20-18+/t46-,49?,50-,51?,52?,53?,54?/m0/s1. The van der Waals surface area contributed by atoms with E-state index >= 15 is 0 Å². The number of unbranched alkanes of at least 4 members (excludes halogenated alkanes) is 34. The van der Waals surface area contributed by atoms with Gasteiger partial charge in [-0.1, -0.05) is 225 Å². The van der Waals surface area contributed by atoms with E-state index in [9.17, 15) is 44.6 Å². The molecular weight excluding hydrogens is 888 g/mol. The average molecular weight is 991 g/mol. The SMILES string of the molecule is CCCCCCCC/C=C/CCCCCCCCCC(=O)O[C@@H](COC(=O)CCCCCCCCCCCCCCCCCCCCCCCC)COP(=O)(O)OC1C(O)C(O)C(O)[C@H](O)C1O. The highest BCUT2D eigenvalue weighted by Gasteiger charge is 2.51. The lowest BCUT2D eigenvalue weighted by molar-refractivity contribution is -0.220. The topological polar surface area (TPSA) is 210 Å². The molecule has 1 aliphatic rings. The van der Waals surface area contributed by atoms with E-state index in [4.69, 9.17) is 18.5 Å². The zero-order valence-corrected chi connectivity index (χ0v) is 44.1. The predicted octanol–water partition coefficient (Wildman–Crippen LogP) is 12.6. The smallest absolute Gasteiger partial charge is 0.462 e. The van der Waals surface area contributed by atoms with Crippen LogP contribution in [0.3, 0.4) is 0 Å². The second kappa shape index (κ2) is 44.3. The highest BCUT2D eigenvalue weighted by Crippen LogP contribution is 2.47. The van der Waals surface area contributed by atoms with E-state index in [1.807, 2.05) is 0 Å². The molecule has 0 spiro atoms. The normalized spacial score (nSPS) is 21.0. The van der Waals surface area contributed by atoms with Gasteiger partial charge in [-0.2, -0.15) is 0 Å². The van der Waals surface area contributed by atoms with Gasteiger partial charge in [0, 0.05) is 12.8 Å². The number of aliphatic hydroxyl groups excluding tert-OH is 5. The molecule has 1 saturated carbocycles. The summed E-state index contributed by atoms with van der Waals surface area (Å²) in [5, 5.41) is 50.3. The molecule has 0 amide bonds. The molecule has 0 aliphatic heterocycles. The fourth-order valence-corrected chi connectivity index (χ4v) is 9.85. The largest absolute Gasteiger partial charge is 0.472 e. The molecule has 13 nitrogen and oxygen atoms in total. The fourth-order valence-electron chi connectivity index (χ4n) is 8.87. The highest BCUT2D eigenvalue weighted by atomic mass is 31.2. The Morgan fingerprint density at radius 1 is 0.441 bits per heavy atom. The lowest BCUT2D eigenvalue weighted by Gasteiger charge is -2.41. The molecular formula is C54H103O13P. The van der Waals surface area contributed by atoms with E-state index in [0.29, 0.717) is 12.8 Å². The summed E-state index contributed by atoms with van der Waals surface area (Å²) < 4.78 is 33.7. The molecule has 1 aliphatic carbocycles. The van der Waals surface area contributed by atoms with Gasteiger partial charge in [-0.15, -0.1) is 0 Å². The summed E-state index contributed by atoms with van der Waals surface area (Å²) >= 11 is 0. The Hall–Kier alpha value is -1.41. The van der Waals surface area contributed by atoms with Crippen LogP contribution in [0.1, 0.15) is 264 Å². The molecule has 0 aromatic carbocycles. The van der Waals surface area contributed by atoms with Crippen molar-refractivity contribution in [3.63, 3.8) is 0 Å². The van der Waals surface area contributed by atoms with Crippen molar-refractivity contribution in [1.82, 2.24) is 0 Å². The van der Waals surface area contributed by atoms with Gasteiger partial charge in [0.25, 0.3) is 0 Å². The summed E-state index contributed by atoms with van der Waals surface area (Å²) in [6.45, 7) is 3.35. The third-order valence-corrected chi connectivity index (χ3v) is 14.3. The van der Waals surface area contributed by atoms with E-state index in [0.717, 1.165) is 51.4 Å². The first-order valence-corrected chi connectivity index (χ1v) is 29.5. The summed E-state index contributed by atoms with van der Waals surface area (Å²) in [5.74, 6) is -1.09. The lowest BCUT2D eigenvalue weighted by Crippen LogP contribution is -2.64. The maximum absolute atomic E-state index is 12.9. The van der Waals surface area contributed by atoms with Crippen molar-refractivity contribution >= 4 is 19.8 Å². The van der Waals surface area contributed by atoms with Gasteiger partial charge in [-0.3, -0.25) is 18.6 Å². The third-order valence-electron chi connectivity index (χ3n) is 13.4. The van der Waals surface area contributed by atoms with Crippen LogP contribution in [-0.4, -0.2) is 98.3 Å². The second-order valence-corrected chi connectivity index (χ2v) is 21.2. The van der Waals surface area contributed by atoms with Crippen molar-refractivity contribution in [2.24, 2.45) is 0 Å². The van der Waals surface area contributed by atoms with Gasteiger partial charge < -0.3 is 39.9 Å². The molecule has 402 valence electrons. The summed E-state index contributed by atoms with van der Waals surface area (Å²) in [7, 11) is -5.12. The van der Waals surface area contributed by atoms with Crippen LogP contribution in [0, 0.1) is 0 Å². The van der Waals surface area contributed by atoms with Crippen LogP contribution < -0.4 is 0 Å². The van der Waals surface area contributed by atoms with Crippen molar-refractivity contribution in [2.75, 3.05) is 13.2 Å². The van der Waals surface area contributed by atoms with Gasteiger partial charge in [0.15, 0.2) is 6.10 Å². The lowest BCUT2D eigenvalue weighted by atomic mass is 9.85. The van der Waals surface area contributed by atoms with Gasteiger partial charge >= 0.3 is 19.8 Å². The van der Waals surface area contributed by atoms with Crippen molar-refractivity contribution in [3.8, 4) is 0 Å². The number of carbonyl (C=O) groups is 2. The van der Waals surface area contributed by atoms with Crippen LogP contribution in [0.25, 0.3) is 0 Å². The Bertz CT molecular complexity index is 1240. The Kier molecular flexibility index (Phi) is 42.1. The fraction of sp³-hybridized carbons (Fsp3) is 0.926. The van der Waals surface area contributed by atoms with E-state index in [1.54, 1.807) is 0 Å². The summed E-state index contributed by atoms with van der Waals surface area (Å²) in [5.41, 5.74) is 0. The maximum Gasteiger partial charge on any atom is 0.472 e. The van der Waals surface area contributed by atoms with E-state index in [1.165, 1.54) is 173 Å². The predicted molar refractivity (Wildman–Crippen MR) is 272 cm³/mol. The number of ether oxygens (including phenoxy) is 2. The van der Waals surface area contributed by atoms with Crippen LogP contribution in [0.15, 0.2) is 12.2 Å². The number of phosphoric ester groups is 1. The molecule has 0 heterocycles. The molecule has 0 aromatic rings. The van der Waals surface area contributed by atoms with Crippen LogP contribution in [-0.2, 0) is 32.7 Å². The maximum atomic E-state index is 12.9. The van der Waals surface area contributed by atoms with Gasteiger partial charge in [0.05, 0.1) is 6.61 Å². The van der Waals surface area contributed by atoms with Gasteiger partial charge in [0.1, 0.15) is 43.2 Å². The first-order valence-electron chi connectivity index (χ1n) is 28.0. The number of esters is 2. The van der Waals surface area contributed by atoms with E-state index < -0.39 is 75.7 Å². The first-order chi connectivity index (χ1) is 32.9. The van der Waals surface area contributed by atoms with E-state index in [-0.39, 0.29) is 12.8 Å². The highest BCUT2D eigenvalue weighted by molar-refractivity contribution is 7.47. The molecule has 0 aromatic heterocycles. The molecule has 0 radical (unpaired) electrons. The first kappa shape index (κ1) is 64.6. The van der Waals surface area contributed by atoms with Crippen molar-refractivity contribution in [3.05, 3.63) is 12.2 Å². The summed E-state index contributed by atoms with van der Waals surface area (Å²) in [4.78, 5) is 35.9. The molecule has 0 saturated heterocycles. The molecule has 8 atom stereocenters. The number of carbonyl (C=O) groups excluding carboxylic acids is 2. The number of hydrogen-bond acceptors (Lipinski definition) is 12. The van der Waals surface area contributed by atoms with E-state index in [2.05, 4.69) is 26.0 Å². The van der Waals surface area contributed by atoms with Gasteiger partial charge in [0.2, 0.25) is 0 Å². The minimum atomic E-state index is -5.12. The van der Waals surface area contributed by atoms with Gasteiger partial charge in [-0.25, -0.2) is 4.57 Å². The molecule has 1 fully saturated rings. The number of allylic oxidation sites excluding steroid dienone is 2. The average Bonchev–Trinajstić information content (AvgIpc) is 3.32. The summed E-state index contributed by atoms with van der Waals surface area (Å²) in [6, 6.07) is 0. The number of phosphoric acid groups is 1. The number of aliphatic hydroxyl groups is 5. The Labute approximate surface area is 413 Å². The zero-order valence-electron chi connectivity index (χ0n) is 43.2. The monoisotopic (exact) mass is 991 g/mol. The molecule has 0 bridgehead atoms. The minimum Gasteiger partial charge on any atom is -0.462 e. The van der Waals surface area contributed by atoms with Crippen LogP contribution >= 0.6 is 7.82 Å². The zero-order chi connectivity index (χ0) is 49.9. The molecule has 6 N–H and O–H groups in total. The Balaban J connectivity index is 2.33. The second-order valence-electron chi connectivity index (χ2n) is 19.8. The Morgan fingerprint density at radius 3 is 1.12 bits per heavy atom. The van der Waals surface area contributed by atoms with Crippen LogP contribution in [0.2, 0.25) is 0 Å². The van der Waals surface area contributed by atoms with Crippen molar-refractivity contribution < 1.29 is 63.1 Å². The van der Waals surface area contributed by atoms with Crippen LogP contribution in [0.4, 0.5) is 0 Å². The van der Waals surface area contributed by atoms with Crippen molar-refractivity contribution in [1.29, 1.82) is 0 Å². The quantitative estimate of drug-likeness (QED) is 0.0145. The summed E-state index contributed by atoms with van der Waals surface area (Å²) in [6.07, 6.45) is 36.9. The van der Waals surface area contributed by atoms with Gasteiger partial charge in [-0.05, 0) is 38.5 Å². The molecule has 1 rings (SSSR count). The third kappa shape index (κ3) is 35.7. The minimum absolute atomic E-state index is 0.0964. The van der Waals surface area contributed by atoms with Crippen LogP contribution in [0.5, 0.6) is 0 Å². The molecule has 68 heavy (non-hydrogen) atoms. The van der Waals surface area contributed by atoms with Crippen molar-refractivity contribution in [2.45, 2.75) is 307 Å². The molecule has 14 heteroatoms. The Morgan fingerprint density at radius 2 is 0.750 bits per heavy atom. The number of rotatable bonds is 48. The molecule has 6 unspecified atom stereocenters. The number of hydrogen-bond donors (Lipinski definition) is 6.